The molecule has 19 heavy (non-hydrogen) atoms. The number of carbonyl (C=O) groups is 1. The number of methoxy groups -OCH3 is 1. The monoisotopic (exact) mass is 266 g/mol. The van der Waals surface area contributed by atoms with Gasteiger partial charge in [0.25, 0.3) is 0 Å². The molecular weight excluding hydrogens is 244 g/mol. The molecule has 1 aromatic carbocycles. The van der Waals surface area contributed by atoms with Crippen LogP contribution in [0.2, 0.25) is 0 Å². The molecule has 0 aliphatic carbocycles. The molecule has 0 atom stereocenters. The molecule has 0 bridgehead atoms. The Morgan fingerprint density at radius 3 is 2.63 bits per heavy atom. The largest absolute Gasteiger partial charge is 0.495 e. The van der Waals surface area contributed by atoms with Crippen molar-refractivity contribution in [3.8, 4) is 5.75 Å². The highest BCUT2D eigenvalue weighted by Crippen LogP contribution is 2.26. The van der Waals surface area contributed by atoms with Crippen LogP contribution in [0.1, 0.15) is 27.2 Å². The van der Waals surface area contributed by atoms with Crippen LogP contribution in [0.15, 0.2) is 18.2 Å². The molecule has 0 unspecified atom stereocenters. The van der Waals surface area contributed by atoms with Gasteiger partial charge in [0.1, 0.15) is 5.75 Å². The van der Waals surface area contributed by atoms with Crippen molar-refractivity contribution < 1.29 is 14.3 Å². The van der Waals surface area contributed by atoms with E-state index in [0.717, 1.165) is 0 Å². The molecule has 3 N–H and O–H groups in total. The highest BCUT2D eigenvalue weighted by Gasteiger charge is 2.12. The van der Waals surface area contributed by atoms with E-state index < -0.39 is 0 Å². The molecular formula is C14H22N2O3. The maximum atomic E-state index is 11.8. The Kier molecular flexibility index (Phi) is 5.18. The Morgan fingerprint density at radius 1 is 1.37 bits per heavy atom. The highest BCUT2D eigenvalue weighted by molar-refractivity contribution is 5.92. The van der Waals surface area contributed by atoms with Gasteiger partial charge in [0, 0.05) is 5.69 Å². The topological polar surface area (TPSA) is 73.6 Å². The third kappa shape index (κ3) is 5.61. The number of hydrogen-bond donors (Lipinski definition) is 2. The van der Waals surface area contributed by atoms with E-state index in [9.17, 15) is 4.79 Å². The molecule has 0 spiro atoms. The normalized spacial score (nSPS) is 11.2. The van der Waals surface area contributed by atoms with Gasteiger partial charge >= 0.3 is 0 Å². The minimum absolute atomic E-state index is 0.131. The molecule has 0 heterocycles. The summed E-state index contributed by atoms with van der Waals surface area (Å²) in [6.45, 7) is 6.23. The van der Waals surface area contributed by atoms with Crippen molar-refractivity contribution in [2.24, 2.45) is 0 Å². The summed E-state index contributed by atoms with van der Waals surface area (Å²) in [5.74, 6) is 0.451. The Balaban J connectivity index is 2.55. The minimum Gasteiger partial charge on any atom is -0.495 e. The molecule has 106 valence electrons. The van der Waals surface area contributed by atoms with Crippen LogP contribution in [0.4, 0.5) is 11.4 Å². The van der Waals surface area contributed by atoms with Gasteiger partial charge in [0.05, 0.1) is 31.4 Å². The highest BCUT2D eigenvalue weighted by atomic mass is 16.5. The first kappa shape index (κ1) is 15.3. The average molecular weight is 266 g/mol. The van der Waals surface area contributed by atoms with Gasteiger partial charge in [-0.3, -0.25) is 4.79 Å². The molecule has 1 rings (SSSR count). The van der Waals surface area contributed by atoms with Crippen molar-refractivity contribution in [3.63, 3.8) is 0 Å². The molecule has 0 aromatic heterocycles. The smallest absolute Gasteiger partial charge is 0.226 e. The SMILES string of the molecule is COc1ccc(N)cc1NC(=O)CCOC(C)(C)C. The van der Waals surface area contributed by atoms with Gasteiger partial charge in [0.15, 0.2) is 0 Å². The lowest BCUT2D eigenvalue weighted by Crippen LogP contribution is -2.22. The lowest BCUT2D eigenvalue weighted by atomic mass is 10.2. The van der Waals surface area contributed by atoms with E-state index in [2.05, 4.69) is 5.32 Å². The summed E-state index contributed by atoms with van der Waals surface area (Å²) in [5, 5.41) is 2.76. The van der Waals surface area contributed by atoms with Crippen LogP contribution in [-0.4, -0.2) is 25.2 Å². The zero-order valence-corrected chi connectivity index (χ0v) is 11.9. The number of nitrogens with two attached hydrogens (primary N) is 1. The first-order chi connectivity index (χ1) is 8.81. The van der Waals surface area contributed by atoms with Gasteiger partial charge in [0.2, 0.25) is 5.91 Å². The molecule has 5 nitrogen and oxygen atoms in total. The van der Waals surface area contributed by atoms with Crippen LogP contribution in [-0.2, 0) is 9.53 Å². The maximum absolute atomic E-state index is 11.8. The van der Waals surface area contributed by atoms with E-state index in [1.807, 2.05) is 20.8 Å². The Bertz CT molecular complexity index is 439. The van der Waals surface area contributed by atoms with Crippen LogP contribution in [0.3, 0.4) is 0 Å². The van der Waals surface area contributed by atoms with Crippen LogP contribution < -0.4 is 15.8 Å². The van der Waals surface area contributed by atoms with Gasteiger partial charge in [-0.15, -0.1) is 0 Å². The lowest BCUT2D eigenvalue weighted by Gasteiger charge is -2.19. The van der Waals surface area contributed by atoms with Crippen molar-refractivity contribution in [2.75, 3.05) is 24.8 Å². The molecule has 0 saturated carbocycles. The number of carbonyl (C=O) groups excluding carboxylic acids is 1. The van der Waals surface area contributed by atoms with Crippen LogP contribution >= 0.6 is 0 Å². The van der Waals surface area contributed by atoms with E-state index in [-0.39, 0.29) is 17.9 Å². The number of nitrogen functional groups attached to an aromatic ring is 1. The summed E-state index contributed by atoms with van der Waals surface area (Å²) >= 11 is 0. The van der Waals surface area contributed by atoms with E-state index in [4.69, 9.17) is 15.2 Å². The van der Waals surface area contributed by atoms with Crippen LogP contribution in [0.5, 0.6) is 5.75 Å². The first-order valence-electron chi connectivity index (χ1n) is 6.19. The molecule has 1 amide bonds. The third-order valence-corrected chi connectivity index (χ3v) is 2.36. The van der Waals surface area contributed by atoms with E-state index in [1.165, 1.54) is 0 Å². The fourth-order valence-electron chi connectivity index (χ4n) is 1.49. The van der Waals surface area contributed by atoms with Crippen LogP contribution in [0.25, 0.3) is 0 Å². The number of anilines is 2. The Morgan fingerprint density at radius 2 is 2.05 bits per heavy atom. The van der Waals surface area contributed by atoms with Crippen molar-refractivity contribution >= 4 is 17.3 Å². The fourth-order valence-corrected chi connectivity index (χ4v) is 1.49. The molecule has 5 heteroatoms. The second kappa shape index (κ2) is 6.43. The molecule has 1 aromatic rings. The van der Waals surface area contributed by atoms with Crippen molar-refractivity contribution in [1.29, 1.82) is 0 Å². The summed E-state index contributed by atoms with van der Waals surface area (Å²) in [6.07, 6.45) is 0.287. The number of hydrogen-bond acceptors (Lipinski definition) is 4. The summed E-state index contributed by atoms with van der Waals surface area (Å²) in [6, 6.07) is 5.11. The Labute approximate surface area is 114 Å². The molecule has 0 saturated heterocycles. The number of rotatable bonds is 5. The average Bonchev–Trinajstić information content (AvgIpc) is 2.27. The van der Waals surface area contributed by atoms with Gasteiger partial charge in [-0.25, -0.2) is 0 Å². The standard InChI is InChI=1S/C14H22N2O3/c1-14(2,3)19-8-7-13(17)16-11-9-10(15)5-6-12(11)18-4/h5-6,9H,7-8,15H2,1-4H3,(H,16,17). The van der Waals surface area contributed by atoms with E-state index in [1.54, 1.807) is 25.3 Å². The number of nitrogens with one attached hydrogen (secondary N) is 1. The second-order valence-electron chi connectivity index (χ2n) is 5.22. The van der Waals surface area contributed by atoms with Gasteiger partial charge < -0.3 is 20.5 Å². The van der Waals surface area contributed by atoms with Gasteiger partial charge in [-0.1, -0.05) is 0 Å². The van der Waals surface area contributed by atoms with Crippen LogP contribution in [0, 0.1) is 0 Å². The first-order valence-corrected chi connectivity index (χ1v) is 6.19. The third-order valence-electron chi connectivity index (χ3n) is 2.36. The maximum Gasteiger partial charge on any atom is 0.226 e. The van der Waals surface area contributed by atoms with Crippen molar-refractivity contribution in [3.05, 3.63) is 18.2 Å². The zero-order chi connectivity index (χ0) is 14.5. The fraction of sp³-hybridized carbons (Fsp3) is 0.500. The molecule has 0 fully saturated rings. The summed E-state index contributed by atoms with van der Waals surface area (Å²) in [4.78, 5) is 11.8. The number of benzene rings is 1. The second-order valence-corrected chi connectivity index (χ2v) is 5.22. The lowest BCUT2D eigenvalue weighted by molar-refractivity contribution is -0.118. The van der Waals surface area contributed by atoms with Gasteiger partial charge in [-0.05, 0) is 39.0 Å². The van der Waals surface area contributed by atoms with E-state index in [0.29, 0.717) is 23.7 Å². The molecule has 0 radical (unpaired) electrons. The number of amides is 1. The molecule has 0 aliphatic rings. The quantitative estimate of drug-likeness (QED) is 0.803. The van der Waals surface area contributed by atoms with E-state index >= 15 is 0 Å². The predicted octanol–water partition coefficient (Wildman–Crippen LogP) is 2.42. The van der Waals surface area contributed by atoms with Gasteiger partial charge in [-0.2, -0.15) is 0 Å². The number of ether oxygens (including phenoxy) is 2. The summed E-state index contributed by atoms with van der Waals surface area (Å²) < 4.78 is 10.7. The summed E-state index contributed by atoms with van der Waals surface area (Å²) in [7, 11) is 1.55. The molecule has 0 aliphatic heterocycles. The zero-order valence-electron chi connectivity index (χ0n) is 11.9. The Hall–Kier alpha value is -1.75. The minimum atomic E-state index is -0.241. The predicted molar refractivity (Wildman–Crippen MR) is 76.4 cm³/mol. The van der Waals surface area contributed by atoms with Crippen molar-refractivity contribution in [1.82, 2.24) is 0 Å². The summed E-state index contributed by atoms with van der Waals surface area (Å²) in [5.41, 5.74) is 6.59. The van der Waals surface area contributed by atoms with Crippen molar-refractivity contribution in [2.45, 2.75) is 32.8 Å².